The molecule has 4 nitrogen and oxygen atoms in total. The van der Waals surface area contributed by atoms with Crippen LogP contribution in [0.4, 0.5) is 0 Å². The molecule has 0 radical (unpaired) electrons. The Balaban J connectivity index is 2.59. The van der Waals surface area contributed by atoms with Crippen molar-refractivity contribution in [2.24, 2.45) is 5.92 Å². The molecule has 0 heterocycles. The van der Waals surface area contributed by atoms with E-state index in [1.807, 2.05) is 18.2 Å². The Bertz CT molecular complexity index is 641. The minimum atomic E-state index is -0.229. The predicted molar refractivity (Wildman–Crippen MR) is 155 cm³/mol. The monoisotopic (exact) mass is 502 g/mol. The van der Waals surface area contributed by atoms with E-state index < -0.39 is 0 Å². The van der Waals surface area contributed by atoms with Crippen molar-refractivity contribution in [2.75, 3.05) is 13.1 Å². The van der Waals surface area contributed by atoms with Crippen LogP contribution in [0.1, 0.15) is 136 Å². The number of amides is 1. The summed E-state index contributed by atoms with van der Waals surface area (Å²) in [6.45, 7) is 11.0. The number of carbonyl (C=O) groups is 1. The highest BCUT2D eigenvalue weighted by molar-refractivity contribution is 5.82. The first-order chi connectivity index (χ1) is 17.5. The number of hydrogen-bond acceptors (Lipinski definition) is 3. The number of nitrogens with one attached hydrogen (secondary N) is 1. The zero-order chi connectivity index (χ0) is 26.4. The SMILES string of the molecule is CCCCCCCCCCN(CCCCCCCCCC)C(=O)[C@@H](NCc1ccccc1O)C(C)C. The Labute approximate surface area is 223 Å². The Morgan fingerprint density at radius 1 is 0.750 bits per heavy atom. The van der Waals surface area contributed by atoms with Crippen LogP contribution in [-0.4, -0.2) is 35.0 Å². The van der Waals surface area contributed by atoms with Gasteiger partial charge < -0.3 is 15.3 Å². The maximum absolute atomic E-state index is 13.7. The number of phenols is 1. The van der Waals surface area contributed by atoms with E-state index in [0.717, 1.165) is 31.5 Å². The molecule has 1 amide bonds. The van der Waals surface area contributed by atoms with E-state index in [4.69, 9.17) is 0 Å². The second-order valence-electron chi connectivity index (χ2n) is 11.0. The molecule has 1 rings (SSSR count). The highest BCUT2D eigenvalue weighted by Crippen LogP contribution is 2.18. The third kappa shape index (κ3) is 14.9. The molecule has 0 saturated carbocycles. The van der Waals surface area contributed by atoms with Gasteiger partial charge in [-0.2, -0.15) is 0 Å². The quantitative estimate of drug-likeness (QED) is 0.147. The normalized spacial score (nSPS) is 12.2. The number of benzene rings is 1. The summed E-state index contributed by atoms with van der Waals surface area (Å²) >= 11 is 0. The molecule has 4 heteroatoms. The summed E-state index contributed by atoms with van der Waals surface area (Å²) in [5, 5.41) is 13.6. The van der Waals surface area contributed by atoms with Gasteiger partial charge in [-0.3, -0.25) is 4.79 Å². The van der Waals surface area contributed by atoms with Crippen LogP contribution in [0.3, 0.4) is 0 Å². The van der Waals surface area contributed by atoms with Crippen LogP contribution in [0.2, 0.25) is 0 Å². The summed E-state index contributed by atoms with van der Waals surface area (Å²) < 4.78 is 0. The number of aromatic hydroxyl groups is 1. The minimum absolute atomic E-state index is 0.197. The zero-order valence-corrected chi connectivity index (χ0v) is 24.2. The molecule has 0 aliphatic heterocycles. The van der Waals surface area contributed by atoms with Crippen molar-refractivity contribution in [3.05, 3.63) is 29.8 Å². The van der Waals surface area contributed by atoms with Crippen LogP contribution in [0.15, 0.2) is 24.3 Å². The Hall–Kier alpha value is -1.55. The molecule has 1 atom stereocenters. The zero-order valence-electron chi connectivity index (χ0n) is 24.2. The van der Waals surface area contributed by atoms with E-state index in [1.165, 1.54) is 89.9 Å². The molecule has 0 saturated heterocycles. The highest BCUT2D eigenvalue weighted by atomic mass is 16.3. The van der Waals surface area contributed by atoms with E-state index >= 15 is 0 Å². The van der Waals surface area contributed by atoms with Gasteiger partial charge in [0, 0.05) is 25.2 Å². The molecule has 0 aromatic heterocycles. The summed E-state index contributed by atoms with van der Waals surface area (Å²) in [5.74, 6) is 0.712. The van der Waals surface area contributed by atoms with Crippen LogP contribution in [-0.2, 0) is 11.3 Å². The topological polar surface area (TPSA) is 52.6 Å². The number of carbonyl (C=O) groups excluding carboxylic acids is 1. The van der Waals surface area contributed by atoms with E-state index in [9.17, 15) is 9.90 Å². The Morgan fingerprint density at radius 2 is 1.19 bits per heavy atom. The first-order valence-electron chi connectivity index (χ1n) is 15.3. The van der Waals surface area contributed by atoms with Gasteiger partial charge in [-0.05, 0) is 24.8 Å². The molecule has 1 aromatic carbocycles. The standard InChI is InChI=1S/C32H58N2O2/c1-5-7-9-11-13-15-17-21-25-34(26-22-18-16-14-12-10-8-6-2)32(36)31(28(3)4)33-27-29-23-19-20-24-30(29)35/h19-20,23-24,28,31,33,35H,5-18,21-22,25-27H2,1-4H3/t31-/m0/s1. The van der Waals surface area contributed by atoms with Gasteiger partial charge >= 0.3 is 0 Å². The van der Waals surface area contributed by atoms with E-state index in [0.29, 0.717) is 6.54 Å². The fraction of sp³-hybridized carbons (Fsp3) is 0.781. The van der Waals surface area contributed by atoms with Crippen LogP contribution in [0.5, 0.6) is 5.75 Å². The van der Waals surface area contributed by atoms with Gasteiger partial charge in [0.2, 0.25) is 5.91 Å². The third-order valence-corrected chi connectivity index (χ3v) is 7.31. The molecule has 0 bridgehead atoms. The van der Waals surface area contributed by atoms with Crippen molar-refractivity contribution < 1.29 is 9.90 Å². The van der Waals surface area contributed by atoms with Crippen molar-refractivity contribution >= 4 is 5.91 Å². The summed E-state index contributed by atoms with van der Waals surface area (Å²) in [4.78, 5) is 15.8. The minimum Gasteiger partial charge on any atom is -0.508 e. The van der Waals surface area contributed by atoms with E-state index in [2.05, 4.69) is 37.9 Å². The molecule has 0 unspecified atom stereocenters. The molecule has 0 aliphatic carbocycles. The van der Waals surface area contributed by atoms with E-state index in [-0.39, 0.29) is 23.6 Å². The number of unbranched alkanes of at least 4 members (excludes halogenated alkanes) is 14. The lowest BCUT2D eigenvalue weighted by Crippen LogP contribution is -2.49. The predicted octanol–water partition coefficient (Wildman–Crippen LogP) is 8.62. The van der Waals surface area contributed by atoms with E-state index in [1.54, 1.807) is 6.07 Å². The average molecular weight is 503 g/mol. The molecule has 0 aliphatic rings. The number of phenolic OH excluding ortho intramolecular Hbond substituents is 1. The largest absolute Gasteiger partial charge is 0.508 e. The van der Waals surface area contributed by atoms with Crippen molar-refractivity contribution in [3.8, 4) is 5.75 Å². The van der Waals surface area contributed by atoms with Crippen LogP contribution >= 0.6 is 0 Å². The second-order valence-corrected chi connectivity index (χ2v) is 11.0. The van der Waals surface area contributed by atoms with Gasteiger partial charge in [-0.25, -0.2) is 0 Å². The maximum Gasteiger partial charge on any atom is 0.239 e. The smallest absolute Gasteiger partial charge is 0.239 e. The Morgan fingerprint density at radius 3 is 1.64 bits per heavy atom. The average Bonchev–Trinajstić information content (AvgIpc) is 2.86. The van der Waals surface area contributed by atoms with Gasteiger partial charge in [-0.1, -0.05) is 136 Å². The summed E-state index contributed by atoms with van der Waals surface area (Å²) in [6.07, 6.45) is 20.5. The van der Waals surface area contributed by atoms with Crippen LogP contribution in [0.25, 0.3) is 0 Å². The van der Waals surface area contributed by atoms with Gasteiger partial charge in [0.1, 0.15) is 5.75 Å². The summed E-state index contributed by atoms with van der Waals surface area (Å²) in [6, 6.07) is 7.16. The molecular weight excluding hydrogens is 444 g/mol. The molecule has 0 fully saturated rings. The second kappa shape index (κ2) is 21.5. The lowest BCUT2D eigenvalue weighted by Gasteiger charge is -2.30. The lowest BCUT2D eigenvalue weighted by atomic mass is 10.0. The molecular formula is C32H58N2O2. The number of hydrogen-bond donors (Lipinski definition) is 2. The molecule has 36 heavy (non-hydrogen) atoms. The number of para-hydroxylation sites is 1. The molecule has 208 valence electrons. The van der Waals surface area contributed by atoms with Gasteiger partial charge in [0.15, 0.2) is 0 Å². The molecule has 0 spiro atoms. The van der Waals surface area contributed by atoms with Crippen molar-refractivity contribution in [1.29, 1.82) is 0 Å². The van der Waals surface area contributed by atoms with Crippen molar-refractivity contribution in [2.45, 2.75) is 143 Å². The summed E-state index contributed by atoms with van der Waals surface area (Å²) in [7, 11) is 0. The Kier molecular flexibility index (Phi) is 19.4. The first kappa shape index (κ1) is 32.5. The lowest BCUT2D eigenvalue weighted by molar-refractivity contribution is -0.134. The van der Waals surface area contributed by atoms with Crippen LogP contribution in [0, 0.1) is 5.92 Å². The number of nitrogens with zero attached hydrogens (tertiary/aromatic N) is 1. The van der Waals surface area contributed by atoms with Gasteiger partial charge in [-0.15, -0.1) is 0 Å². The fourth-order valence-corrected chi connectivity index (χ4v) is 4.89. The third-order valence-electron chi connectivity index (χ3n) is 7.31. The fourth-order valence-electron chi connectivity index (χ4n) is 4.89. The van der Waals surface area contributed by atoms with Crippen molar-refractivity contribution in [1.82, 2.24) is 10.2 Å². The molecule has 2 N–H and O–H groups in total. The van der Waals surface area contributed by atoms with Gasteiger partial charge in [0.05, 0.1) is 6.04 Å². The number of rotatable bonds is 23. The van der Waals surface area contributed by atoms with Gasteiger partial charge in [0.25, 0.3) is 0 Å². The molecule has 1 aromatic rings. The van der Waals surface area contributed by atoms with Crippen molar-refractivity contribution in [3.63, 3.8) is 0 Å². The maximum atomic E-state index is 13.7. The first-order valence-corrected chi connectivity index (χ1v) is 15.3. The summed E-state index contributed by atoms with van der Waals surface area (Å²) in [5.41, 5.74) is 0.841. The van der Waals surface area contributed by atoms with Crippen LogP contribution < -0.4 is 5.32 Å². The highest BCUT2D eigenvalue weighted by Gasteiger charge is 2.26.